The smallest absolute Gasteiger partial charge is 0.349 e. The van der Waals surface area contributed by atoms with Crippen molar-refractivity contribution in [3.8, 4) is 11.5 Å². The predicted molar refractivity (Wildman–Crippen MR) is 98.6 cm³/mol. The second-order valence-electron chi connectivity index (χ2n) is 6.55. The fourth-order valence-corrected chi connectivity index (χ4v) is 2.15. The summed E-state index contributed by atoms with van der Waals surface area (Å²) in [5.74, 6) is 0.372. The van der Waals surface area contributed by atoms with Crippen molar-refractivity contribution >= 4 is 11.9 Å². The van der Waals surface area contributed by atoms with E-state index in [1.807, 2.05) is 45.9 Å². The number of esters is 2. The second kappa shape index (κ2) is 9.04. The molecule has 0 atom stereocenters. The largest absolute Gasteiger partial charge is 0.482 e. The Kier molecular flexibility index (Phi) is 6.78. The highest BCUT2D eigenvalue weighted by molar-refractivity contribution is 5.89. The molecule has 0 bridgehead atoms. The van der Waals surface area contributed by atoms with Gasteiger partial charge in [-0.2, -0.15) is 0 Å². The molecule has 0 spiro atoms. The van der Waals surface area contributed by atoms with E-state index in [4.69, 9.17) is 14.2 Å². The average molecular weight is 356 g/mol. The molecule has 0 unspecified atom stereocenters. The van der Waals surface area contributed by atoms with Gasteiger partial charge in [-0.25, -0.2) is 9.59 Å². The van der Waals surface area contributed by atoms with Gasteiger partial charge < -0.3 is 14.2 Å². The Morgan fingerprint density at radius 1 is 1.00 bits per heavy atom. The summed E-state index contributed by atoms with van der Waals surface area (Å²) in [5.41, 5.74) is 2.42. The van der Waals surface area contributed by atoms with Crippen LogP contribution in [0.25, 0.3) is 0 Å². The van der Waals surface area contributed by atoms with Gasteiger partial charge in [0.1, 0.15) is 11.5 Å². The van der Waals surface area contributed by atoms with Gasteiger partial charge in [-0.1, -0.05) is 26.0 Å². The number of carbonyl (C=O) groups is 2. The standard InChI is InChI=1S/C21H24O5/c1-14(2)12-25-21(23)17-7-9-18(10-8-17)26-20(22)13-24-19-11-15(3)5-6-16(19)4/h5-11,14H,12-13H2,1-4H3. The fourth-order valence-electron chi connectivity index (χ4n) is 2.15. The highest BCUT2D eigenvalue weighted by Gasteiger charge is 2.11. The van der Waals surface area contributed by atoms with E-state index in [2.05, 4.69) is 0 Å². The zero-order chi connectivity index (χ0) is 19.1. The van der Waals surface area contributed by atoms with Gasteiger partial charge in [-0.05, 0) is 61.2 Å². The first-order chi connectivity index (χ1) is 12.3. The van der Waals surface area contributed by atoms with E-state index in [-0.39, 0.29) is 12.5 Å². The average Bonchev–Trinajstić information content (AvgIpc) is 2.61. The highest BCUT2D eigenvalue weighted by atomic mass is 16.6. The van der Waals surface area contributed by atoms with Crippen molar-refractivity contribution in [1.82, 2.24) is 0 Å². The third kappa shape index (κ3) is 5.92. The minimum atomic E-state index is -0.513. The van der Waals surface area contributed by atoms with Crippen LogP contribution >= 0.6 is 0 Å². The lowest BCUT2D eigenvalue weighted by Gasteiger charge is -2.10. The van der Waals surface area contributed by atoms with Crippen molar-refractivity contribution in [1.29, 1.82) is 0 Å². The summed E-state index contributed by atoms with van der Waals surface area (Å²) in [7, 11) is 0. The lowest BCUT2D eigenvalue weighted by Crippen LogP contribution is -2.18. The molecule has 0 aromatic heterocycles. The van der Waals surface area contributed by atoms with E-state index >= 15 is 0 Å². The van der Waals surface area contributed by atoms with E-state index in [0.717, 1.165) is 11.1 Å². The van der Waals surface area contributed by atoms with Gasteiger partial charge in [0.25, 0.3) is 0 Å². The molecule has 0 saturated carbocycles. The molecule has 0 amide bonds. The SMILES string of the molecule is Cc1ccc(C)c(OCC(=O)Oc2ccc(C(=O)OCC(C)C)cc2)c1. The minimum Gasteiger partial charge on any atom is -0.482 e. The number of aryl methyl sites for hydroxylation is 2. The molecule has 26 heavy (non-hydrogen) atoms. The molecule has 2 aromatic rings. The van der Waals surface area contributed by atoms with Crippen molar-refractivity contribution in [3.05, 3.63) is 59.2 Å². The van der Waals surface area contributed by atoms with E-state index in [9.17, 15) is 9.59 Å². The molecule has 0 aliphatic rings. The van der Waals surface area contributed by atoms with Gasteiger partial charge in [0, 0.05) is 0 Å². The summed E-state index contributed by atoms with van der Waals surface area (Å²) in [6.45, 7) is 7.98. The Labute approximate surface area is 153 Å². The molecule has 0 fully saturated rings. The molecule has 5 heteroatoms. The molecule has 0 heterocycles. The predicted octanol–water partition coefficient (Wildman–Crippen LogP) is 4.10. The molecular weight excluding hydrogens is 332 g/mol. The molecule has 0 N–H and O–H groups in total. The molecule has 138 valence electrons. The van der Waals surface area contributed by atoms with E-state index in [0.29, 0.717) is 23.7 Å². The Morgan fingerprint density at radius 3 is 2.35 bits per heavy atom. The molecular formula is C21H24O5. The lowest BCUT2D eigenvalue weighted by molar-refractivity contribution is -0.136. The summed E-state index contributed by atoms with van der Waals surface area (Å²) >= 11 is 0. The summed E-state index contributed by atoms with van der Waals surface area (Å²) in [6, 6.07) is 12.0. The fraction of sp³-hybridized carbons (Fsp3) is 0.333. The van der Waals surface area contributed by atoms with Gasteiger partial charge in [-0.3, -0.25) is 0 Å². The summed E-state index contributed by atoms with van der Waals surface area (Å²) in [6.07, 6.45) is 0. The van der Waals surface area contributed by atoms with Crippen molar-refractivity contribution in [2.45, 2.75) is 27.7 Å². The van der Waals surface area contributed by atoms with Crippen LogP contribution < -0.4 is 9.47 Å². The normalized spacial score (nSPS) is 10.5. The maximum absolute atomic E-state index is 11.9. The van der Waals surface area contributed by atoms with Crippen LogP contribution in [0.2, 0.25) is 0 Å². The van der Waals surface area contributed by atoms with Crippen LogP contribution in [0.15, 0.2) is 42.5 Å². The zero-order valence-corrected chi connectivity index (χ0v) is 15.6. The van der Waals surface area contributed by atoms with E-state index < -0.39 is 11.9 Å². The highest BCUT2D eigenvalue weighted by Crippen LogP contribution is 2.19. The maximum atomic E-state index is 11.9. The number of ether oxygens (including phenoxy) is 3. The van der Waals surface area contributed by atoms with Crippen LogP contribution in [-0.2, 0) is 9.53 Å². The van der Waals surface area contributed by atoms with Crippen LogP contribution in [0, 0.1) is 19.8 Å². The molecule has 0 saturated heterocycles. The summed E-state index contributed by atoms with van der Waals surface area (Å²) in [5, 5.41) is 0. The second-order valence-corrected chi connectivity index (χ2v) is 6.55. The minimum absolute atomic E-state index is 0.192. The van der Waals surface area contributed by atoms with Gasteiger partial charge in [-0.15, -0.1) is 0 Å². The number of hydrogen-bond donors (Lipinski definition) is 0. The van der Waals surface area contributed by atoms with Crippen LogP contribution in [0.5, 0.6) is 11.5 Å². The third-order valence-electron chi connectivity index (χ3n) is 3.56. The molecule has 0 radical (unpaired) electrons. The number of benzene rings is 2. The van der Waals surface area contributed by atoms with Crippen molar-refractivity contribution in [3.63, 3.8) is 0 Å². The number of rotatable bonds is 7. The molecule has 2 rings (SSSR count). The topological polar surface area (TPSA) is 61.8 Å². The molecule has 0 aliphatic heterocycles. The lowest BCUT2D eigenvalue weighted by atomic mass is 10.1. The van der Waals surface area contributed by atoms with Gasteiger partial charge in [0.15, 0.2) is 6.61 Å². The first kappa shape index (κ1) is 19.5. The van der Waals surface area contributed by atoms with Crippen LogP contribution in [0.3, 0.4) is 0 Å². The third-order valence-corrected chi connectivity index (χ3v) is 3.56. The van der Waals surface area contributed by atoms with Gasteiger partial charge in [0.05, 0.1) is 12.2 Å². The monoisotopic (exact) mass is 356 g/mol. The van der Waals surface area contributed by atoms with Crippen molar-refractivity contribution < 1.29 is 23.8 Å². The van der Waals surface area contributed by atoms with Crippen molar-refractivity contribution in [2.75, 3.05) is 13.2 Å². The molecule has 5 nitrogen and oxygen atoms in total. The Hall–Kier alpha value is -2.82. The zero-order valence-electron chi connectivity index (χ0n) is 15.6. The first-order valence-corrected chi connectivity index (χ1v) is 8.53. The Balaban J connectivity index is 1.87. The van der Waals surface area contributed by atoms with Crippen LogP contribution in [0.4, 0.5) is 0 Å². The summed E-state index contributed by atoms with van der Waals surface area (Å²) < 4.78 is 15.9. The Bertz CT molecular complexity index is 762. The van der Waals surface area contributed by atoms with E-state index in [1.54, 1.807) is 24.3 Å². The van der Waals surface area contributed by atoms with Crippen LogP contribution in [-0.4, -0.2) is 25.2 Å². The van der Waals surface area contributed by atoms with Crippen molar-refractivity contribution in [2.24, 2.45) is 5.92 Å². The van der Waals surface area contributed by atoms with Gasteiger partial charge >= 0.3 is 11.9 Å². The molecule has 2 aromatic carbocycles. The van der Waals surface area contributed by atoms with Crippen LogP contribution in [0.1, 0.15) is 35.3 Å². The summed E-state index contributed by atoms with van der Waals surface area (Å²) in [4.78, 5) is 23.8. The Morgan fingerprint density at radius 2 is 1.69 bits per heavy atom. The van der Waals surface area contributed by atoms with E-state index in [1.165, 1.54) is 0 Å². The number of carbonyl (C=O) groups excluding carboxylic acids is 2. The molecule has 0 aliphatic carbocycles. The van der Waals surface area contributed by atoms with Gasteiger partial charge in [0.2, 0.25) is 0 Å². The maximum Gasteiger partial charge on any atom is 0.349 e. The number of hydrogen-bond acceptors (Lipinski definition) is 5. The quantitative estimate of drug-likeness (QED) is 0.552. The first-order valence-electron chi connectivity index (χ1n) is 8.53.